The molecule has 116 valence electrons. The van der Waals surface area contributed by atoms with Crippen LogP contribution >= 0.6 is 11.3 Å². The molecule has 4 nitrogen and oxygen atoms in total. The molecule has 23 heavy (non-hydrogen) atoms. The lowest BCUT2D eigenvalue weighted by Gasteiger charge is -2.16. The summed E-state index contributed by atoms with van der Waals surface area (Å²) < 4.78 is 0. The second-order valence-electron chi connectivity index (χ2n) is 5.32. The summed E-state index contributed by atoms with van der Waals surface area (Å²) in [6.45, 7) is 2.44. The molecule has 5 heteroatoms. The topological polar surface area (TPSA) is 46.1 Å². The molecule has 0 radical (unpaired) electrons. The van der Waals surface area contributed by atoms with Gasteiger partial charge in [-0.1, -0.05) is 30.3 Å². The first-order chi connectivity index (χ1) is 11.1. The Hall–Kier alpha value is -2.53. The van der Waals surface area contributed by atoms with E-state index in [2.05, 4.69) is 9.97 Å². The quantitative estimate of drug-likeness (QED) is 0.734. The van der Waals surface area contributed by atoms with Gasteiger partial charge in [-0.05, 0) is 24.6 Å². The summed E-state index contributed by atoms with van der Waals surface area (Å²) in [7, 11) is 1.81. The first-order valence-corrected chi connectivity index (χ1v) is 8.14. The van der Waals surface area contributed by atoms with Crippen LogP contribution in [0.4, 0.5) is 0 Å². The molecule has 2 aromatic heterocycles. The van der Waals surface area contributed by atoms with Gasteiger partial charge in [0, 0.05) is 31.5 Å². The third kappa shape index (κ3) is 3.46. The van der Waals surface area contributed by atoms with Gasteiger partial charge in [0.15, 0.2) is 0 Å². The molecule has 0 bridgehead atoms. The molecule has 1 amide bonds. The van der Waals surface area contributed by atoms with Gasteiger partial charge in [-0.3, -0.25) is 9.78 Å². The molecule has 0 atom stereocenters. The van der Waals surface area contributed by atoms with Crippen LogP contribution in [0.3, 0.4) is 0 Å². The first-order valence-electron chi connectivity index (χ1n) is 7.32. The van der Waals surface area contributed by atoms with Crippen LogP contribution in [-0.4, -0.2) is 27.8 Å². The Morgan fingerprint density at radius 1 is 1.13 bits per heavy atom. The number of thiazole rings is 1. The fourth-order valence-electron chi connectivity index (χ4n) is 2.31. The predicted octanol–water partition coefficient (Wildman–Crippen LogP) is 3.79. The molecule has 2 heterocycles. The van der Waals surface area contributed by atoms with E-state index in [1.807, 2.05) is 56.4 Å². The van der Waals surface area contributed by atoms with Gasteiger partial charge in [0.2, 0.25) is 0 Å². The highest BCUT2D eigenvalue weighted by atomic mass is 32.1. The maximum absolute atomic E-state index is 12.7. The highest BCUT2D eigenvalue weighted by molar-refractivity contribution is 7.17. The minimum absolute atomic E-state index is 0.000932. The predicted molar refractivity (Wildman–Crippen MR) is 92.3 cm³/mol. The maximum Gasteiger partial charge on any atom is 0.265 e. The molecule has 0 saturated carbocycles. The number of carbonyl (C=O) groups is 1. The summed E-state index contributed by atoms with van der Waals surface area (Å²) in [5.74, 6) is -0.000932. The molecular weight excluding hydrogens is 306 g/mol. The summed E-state index contributed by atoms with van der Waals surface area (Å²) in [4.78, 5) is 23.7. The van der Waals surface area contributed by atoms with Crippen molar-refractivity contribution < 1.29 is 4.79 Å². The molecule has 3 rings (SSSR count). The number of carbonyl (C=O) groups excluding carboxylic acids is 1. The molecule has 0 saturated heterocycles. The third-order valence-electron chi connectivity index (χ3n) is 3.53. The summed E-state index contributed by atoms with van der Waals surface area (Å²) in [5.41, 5.74) is 2.87. The van der Waals surface area contributed by atoms with Crippen molar-refractivity contribution in [3.05, 3.63) is 71.0 Å². The zero-order valence-electron chi connectivity index (χ0n) is 13.1. The van der Waals surface area contributed by atoms with E-state index in [-0.39, 0.29) is 5.91 Å². The van der Waals surface area contributed by atoms with Crippen molar-refractivity contribution in [3.63, 3.8) is 0 Å². The number of aromatic nitrogens is 2. The van der Waals surface area contributed by atoms with Crippen LogP contribution in [0.2, 0.25) is 0 Å². The van der Waals surface area contributed by atoms with E-state index in [4.69, 9.17) is 0 Å². The largest absolute Gasteiger partial charge is 0.337 e. The molecule has 0 fully saturated rings. The van der Waals surface area contributed by atoms with Gasteiger partial charge >= 0.3 is 0 Å². The SMILES string of the molecule is Cc1nc(-c2ccccc2)sc1C(=O)N(C)Cc1ccncc1. The van der Waals surface area contributed by atoms with Gasteiger partial charge in [0.1, 0.15) is 9.88 Å². The Kier molecular flexibility index (Phi) is 4.48. The Morgan fingerprint density at radius 2 is 1.83 bits per heavy atom. The van der Waals surface area contributed by atoms with Gasteiger partial charge < -0.3 is 4.90 Å². The average Bonchev–Trinajstić information content (AvgIpc) is 2.97. The first kappa shape index (κ1) is 15.4. The maximum atomic E-state index is 12.7. The number of nitrogens with zero attached hydrogens (tertiary/aromatic N) is 3. The van der Waals surface area contributed by atoms with Gasteiger partial charge in [0.05, 0.1) is 5.69 Å². The molecule has 0 aliphatic carbocycles. The molecule has 0 aliphatic heterocycles. The number of amides is 1. The lowest BCUT2D eigenvalue weighted by atomic mass is 10.2. The van der Waals surface area contributed by atoms with Crippen molar-refractivity contribution in [2.75, 3.05) is 7.05 Å². The summed E-state index contributed by atoms with van der Waals surface area (Å²) in [6, 6.07) is 13.8. The van der Waals surface area contributed by atoms with Crippen LogP contribution in [-0.2, 0) is 6.54 Å². The van der Waals surface area contributed by atoms with Crippen molar-refractivity contribution in [1.82, 2.24) is 14.9 Å². The van der Waals surface area contributed by atoms with E-state index < -0.39 is 0 Å². The minimum Gasteiger partial charge on any atom is -0.337 e. The molecule has 0 unspecified atom stereocenters. The van der Waals surface area contributed by atoms with Gasteiger partial charge in [-0.2, -0.15) is 0 Å². The van der Waals surface area contributed by atoms with Crippen LogP contribution in [0.5, 0.6) is 0 Å². The second-order valence-corrected chi connectivity index (χ2v) is 6.32. The fourth-order valence-corrected chi connectivity index (χ4v) is 3.37. The number of hydrogen-bond donors (Lipinski definition) is 0. The van der Waals surface area contributed by atoms with E-state index in [0.717, 1.165) is 21.8 Å². The van der Waals surface area contributed by atoms with Gasteiger partial charge in [-0.25, -0.2) is 4.98 Å². The molecular formula is C18H17N3OS. The Bertz CT molecular complexity index is 800. The normalized spacial score (nSPS) is 10.5. The number of hydrogen-bond acceptors (Lipinski definition) is 4. The van der Waals surface area contributed by atoms with Crippen LogP contribution in [0, 0.1) is 6.92 Å². The smallest absolute Gasteiger partial charge is 0.265 e. The number of pyridine rings is 1. The lowest BCUT2D eigenvalue weighted by molar-refractivity contribution is 0.0789. The zero-order valence-corrected chi connectivity index (χ0v) is 13.9. The van der Waals surface area contributed by atoms with Crippen molar-refractivity contribution in [2.45, 2.75) is 13.5 Å². The molecule has 0 aliphatic rings. The Labute approximate surface area is 139 Å². The van der Waals surface area contributed by atoms with Crippen LogP contribution in [0.1, 0.15) is 20.9 Å². The van der Waals surface area contributed by atoms with E-state index >= 15 is 0 Å². The second kappa shape index (κ2) is 6.71. The highest BCUT2D eigenvalue weighted by Crippen LogP contribution is 2.28. The molecule has 3 aromatic rings. The molecule has 0 spiro atoms. The standard InChI is InChI=1S/C18H17N3OS/c1-13-16(23-17(20-13)15-6-4-3-5-7-15)18(22)21(2)12-14-8-10-19-11-9-14/h3-11H,12H2,1-2H3. The van der Waals surface area contributed by atoms with E-state index in [9.17, 15) is 4.79 Å². The lowest BCUT2D eigenvalue weighted by Crippen LogP contribution is -2.26. The Balaban J connectivity index is 1.81. The Morgan fingerprint density at radius 3 is 2.52 bits per heavy atom. The van der Waals surface area contributed by atoms with Crippen molar-refractivity contribution in [2.24, 2.45) is 0 Å². The van der Waals surface area contributed by atoms with Crippen LogP contribution in [0.25, 0.3) is 10.6 Å². The van der Waals surface area contributed by atoms with E-state index in [1.165, 1.54) is 11.3 Å². The summed E-state index contributed by atoms with van der Waals surface area (Å²) >= 11 is 1.44. The number of aryl methyl sites for hydroxylation is 1. The molecule has 1 aromatic carbocycles. The monoisotopic (exact) mass is 323 g/mol. The van der Waals surface area contributed by atoms with Crippen LogP contribution < -0.4 is 0 Å². The molecule has 0 N–H and O–H groups in total. The van der Waals surface area contributed by atoms with E-state index in [0.29, 0.717) is 11.4 Å². The van der Waals surface area contributed by atoms with Crippen molar-refractivity contribution >= 4 is 17.2 Å². The zero-order chi connectivity index (χ0) is 16.2. The van der Waals surface area contributed by atoms with Crippen molar-refractivity contribution in [1.29, 1.82) is 0 Å². The third-order valence-corrected chi connectivity index (χ3v) is 4.72. The highest BCUT2D eigenvalue weighted by Gasteiger charge is 2.19. The van der Waals surface area contributed by atoms with Crippen LogP contribution in [0.15, 0.2) is 54.9 Å². The minimum atomic E-state index is -0.000932. The summed E-state index contributed by atoms with van der Waals surface area (Å²) in [6.07, 6.45) is 3.47. The fraction of sp³-hybridized carbons (Fsp3) is 0.167. The average molecular weight is 323 g/mol. The summed E-state index contributed by atoms with van der Waals surface area (Å²) in [5, 5.41) is 0.878. The van der Waals surface area contributed by atoms with Crippen molar-refractivity contribution in [3.8, 4) is 10.6 Å². The van der Waals surface area contributed by atoms with Gasteiger partial charge in [0.25, 0.3) is 5.91 Å². The number of benzene rings is 1. The van der Waals surface area contributed by atoms with Gasteiger partial charge in [-0.15, -0.1) is 11.3 Å². The number of rotatable bonds is 4. The van der Waals surface area contributed by atoms with E-state index in [1.54, 1.807) is 17.3 Å².